The van der Waals surface area contributed by atoms with Crippen LogP contribution in [0.1, 0.15) is 52.9 Å². The number of rotatable bonds is 3. The molecule has 0 aromatic carbocycles. The molecule has 1 fully saturated rings. The highest BCUT2D eigenvalue weighted by molar-refractivity contribution is 5.31. The van der Waals surface area contributed by atoms with E-state index in [-0.39, 0.29) is 0 Å². The number of hydrogen-bond donors (Lipinski definition) is 0. The Balaban J connectivity index is 1.97. The SMILES string of the molecule is CC1=C(/C=C\ON2CCCC2)C(C)(C)CCC1. The summed E-state index contributed by atoms with van der Waals surface area (Å²) in [6, 6.07) is 0. The number of hydrogen-bond acceptors (Lipinski definition) is 2. The Labute approximate surface area is 105 Å². The van der Waals surface area contributed by atoms with Gasteiger partial charge in [0.25, 0.3) is 0 Å². The van der Waals surface area contributed by atoms with Gasteiger partial charge in [-0.3, -0.25) is 0 Å². The molecule has 0 radical (unpaired) electrons. The molecule has 0 spiro atoms. The van der Waals surface area contributed by atoms with Crippen molar-refractivity contribution in [2.45, 2.75) is 52.9 Å². The van der Waals surface area contributed by atoms with Gasteiger partial charge < -0.3 is 4.84 Å². The van der Waals surface area contributed by atoms with Crippen LogP contribution in [0, 0.1) is 5.41 Å². The zero-order chi connectivity index (χ0) is 12.3. The first-order valence-electron chi connectivity index (χ1n) is 6.88. The summed E-state index contributed by atoms with van der Waals surface area (Å²) < 4.78 is 0. The summed E-state index contributed by atoms with van der Waals surface area (Å²) in [5, 5.41) is 2.06. The average molecular weight is 235 g/mol. The van der Waals surface area contributed by atoms with Crippen LogP contribution in [0.25, 0.3) is 0 Å². The summed E-state index contributed by atoms with van der Waals surface area (Å²) in [5.74, 6) is 0. The topological polar surface area (TPSA) is 12.5 Å². The van der Waals surface area contributed by atoms with E-state index in [4.69, 9.17) is 4.84 Å². The minimum Gasteiger partial charge on any atom is -0.414 e. The zero-order valence-electron chi connectivity index (χ0n) is 11.5. The van der Waals surface area contributed by atoms with Crippen molar-refractivity contribution in [3.05, 3.63) is 23.5 Å². The molecular weight excluding hydrogens is 210 g/mol. The van der Waals surface area contributed by atoms with Crippen LogP contribution in [-0.4, -0.2) is 18.2 Å². The Kier molecular flexibility index (Phi) is 3.93. The molecule has 1 heterocycles. The van der Waals surface area contributed by atoms with E-state index in [1.54, 1.807) is 0 Å². The maximum Gasteiger partial charge on any atom is 0.111 e. The van der Waals surface area contributed by atoms with Crippen molar-refractivity contribution in [2.75, 3.05) is 13.1 Å². The van der Waals surface area contributed by atoms with E-state index in [1.165, 1.54) is 43.3 Å². The second kappa shape index (κ2) is 5.26. The fourth-order valence-corrected chi connectivity index (χ4v) is 2.99. The summed E-state index contributed by atoms with van der Waals surface area (Å²) in [6.45, 7) is 9.09. The third-order valence-corrected chi connectivity index (χ3v) is 4.05. The highest BCUT2D eigenvalue weighted by Crippen LogP contribution is 2.40. The molecule has 2 aliphatic rings. The third kappa shape index (κ3) is 3.12. The second-order valence-electron chi connectivity index (χ2n) is 5.98. The molecule has 1 aliphatic carbocycles. The summed E-state index contributed by atoms with van der Waals surface area (Å²) in [6.07, 6.45) is 10.5. The van der Waals surface area contributed by atoms with Crippen molar-refractivity contribution in [2.24, 2.45) is 5.41 Å². The van der Waals surface area contributed by atoms with Gasteiger partial charge in [-0.1, -0.05) is 19.4 Å². The molecule has 2 nitrogen and oxygen atoms in total. The Morgan fingerprint density at radius 1 is 1.18 bits per heavy atom. The zero-order valence-corrected chi connectivity index (χ0v) is 11.5. The molecule has 96 valence electrons. The highest BCUT2D eigenvalue weighted by Gasteiger charge is 2.26. The van der Waals surface area contributed by atoms with E-state index in [9.17, 15) is 0 Å². The van der Waals surface area contributed by atoms with Gasteiger partial charge in [0.1, 0.15) is 6.26 Å². The predicted octanol–water partition coefficient (Wildman–Crippen LogP) is 4.05. The van der Waals surface area contributed by atoms with Crippen LogP contribution in [0.15, 0.2) is 23.5 Å². The lowest BCUT2D eigenvalue weighted by Crippen LogP contribution is -2.20. The van der Waals surface area contributed by atoms with Crippen LogP contribution >= 0.6 is 0 Å². The first kappa shape index (κ1) is 12.7. The molecule has 0 bridgehead atoms. The normalized spacial score (nSPS) is 25.8. The Bertz CT molecular complexity index is 322. The van der Waals surface area contributed by atoms with Crippen LogP contribution < -0.4 is 0 Å². The molecule has 0 aromatic rings. The van der Waals surface area contributed by atoms with Crippen molar-refractivity contribution in [3.8, 4) is 0 Å². The standard InChI is InChI=1S/C15H25NO/c1-13-7-6-9-15(2,3)14(13)8-12-17-16-10-4-5-11-16/h8,12H,4-7,9-11H2,1-3H3/b12-8-. The lowest BCUT2D eigenvalue weighted by Gasteiger charge is -2.32. The number of hydroxylamine groups is 2. The van der Waals surface area contributed by atoms with Crippen LogP contribution in [0.2, 0.25) is 0 Å². The summed E-state index contributed by atoms with van der Waals surface area (Å²) in [7, 11) is 0. The molecule has 0 amide bonds. The first-order valence-corrected chi connectivity index (χ1v) is 6.88. The lowest BCUT2D eigenvalue weighted by molar-refractivity contribution is -0.0822. The van der Waals surface area contributed by atoms with Gasteiger partial charge >= 0.3 is 0 Å². The minimum atomic E-state index is 0.313. The van der Waals surface area contributed by atoms with Gasteiger partial charge in [0, 0.05) is 13.1 Å². The third-order valence-electron chi connectivity index (χ3n) is 4.05. The molecule has 0 saturated carbocycles. The van der Waals surface area contributed by atoms with Crippen LogP contribution in [0.5, 0.6) is 0 Å². The maximum atomic E-state index is 5.67. The monoisotopic (exact) mass is 235 g/mol. The van der Waals surface area contributed by atoms with Gasteiger partial charge in [-0.15, -0.1) is 5.06 Å². The average Bonchev–Trinajstić information content (AvgIpc) is 2.74. The quantitative estimate of drug-likeness (QED) is 0.684. The number of allylic oxidation sites excluding steroid dienone is 3. The van der Waals surface area contributed by atoms with Crippen molar-refractivity contribution < 1.29 is 4.84 Å². The fraction of sp³-hybridized carbons (Fsp3) is 0.733. The van der Waals surface area contributed by atoms with E-state index in [0.717, 1.165) is 13.1 Å². The lowest BCUT2D eigenvalue weighted by atomic mass is 9.73. The van der Waals surface area contributed by atoms with Crippen molar-refractivity contribution >= 4 is 0 Å². The van der Waals surface area contributed by atoms with Crippen LogP contribution in [-0.2, 0) is 4.84 Å². The predicted molar refractivity (Wildman–Crippen MR) is 71.4 cm³/mol. The van der Waals surface area contributed by atoms with Crippen LogP contribution in [0.4, 0.5) is 0 Å². The van der Waals surface area contributed by atoms with Gasteiger partial charge in [-0.05, 0) is 56.1 Å². The molecular formula is C15H25NO. The highest BCUT2D eigenvalue weighted by atomic mass is 16.7. The second-order valence-corrected chi connectivity index (χ2v) is 5.98. The summed E-state index contributed by atoms with van der Waals surface area (Å²) in [4.78, 5) is 5.67. The molecule has 1 aliphatic heterocycles. The number of nitrogens with zero attached hydrogens (tertiary/aromatic N) is 1. The van der Waals surface area contributed by atoms with Gasteiger partial charge in [0.2, 0.25) is 0 Å². The molecule has 0 atom stereocenters. The Hall–Kier alpha value is -0.760. The first-order chi connectivity index (χ1) is 8.09. The molecule has 2 rings (SSSR count). The Morgan fingerprint density at radius 3 is 2.53 bits per heavy atom. The summed E-state index contributed by atoms with van der Waals surface area (Å²) in [5.41, 5.74) is 3.32. The van der Waals surface area contributed by atoms with E-state index in [1.807, 2.05) is 6.26 Å². The van der Waals surface area contributed by atoms with Crippen LogP contribution in [0.3, 0.4) is 0 Å². The molecule has 2 heteroatoms. The van der Waals surface area contributed by atoms with Crippen molar-refractivity contribution in [1.82, 2.24) is 5.06 Å². The molecule has 17 heavy (non-hydrogen) atoms. The smallest absolute Gasteiger partial charge is 0.111 e. The van der Waals surface area contributed by atoms with E-state index in [0.29, 0.717) is 5.41 Å². The van der Waals surface area contributed by atoms with Gasteiger partial charge in [-0.25, -0.2) is 0 Å². The van der Waals surface area contributed by atoms with Crippen molar-refractivity contribution in [3.63, 3.8) is 0 Å². The molecule has 0 N–H and O–H groups in total. The molecule has 0 aromatic heterocycles. The van der Waals surface area contributed by atoms with Gasteiger partial charge in [0.05, 0.1) is 0 Å². The van der Waals surface area contributed by atoms with E-state index in [2.05, 4.69) is 31.9 Å². The van der Waals surface area contributed by atoms with E-state index < -0.39 is 0 Å². The minimum absolute atomic E-state index is 0.313. The molecule has 1 saturated heterocycles. The fourth-order valence-electron chi connectivity index (χ4n) is 2.99. The maximum absolute atomic E-state index is 5.67. The van der Waals surface area contributed by atoms with E-state index >= 15 is 0 Å². The Morgan fingerprint density at radius 2 is 1.88 bits per heavy atom. The van der Waals surface area contributed by atoms with Gasteiger partial charge in [0.15, 0.2) is 0 Å². The largest absolute Gasteiger partial charge is 0.414 e. The van der Waals surface area contributed by atoms with Crippen molar-refractivity contribution in [1.29, 1.82) is 0 Å². The molecule has 0 unspecified atom stereocenters. The van der Waals surface area contributed by atoms with Gasteiger partial charge in [-0.2, -0.15) is 0 Å². The summed E-state index contributed by atoms with van der Waals surface area (Å²) >= 11 is 0.